The van der Waals surface area contributed by atoms with E-state index in [1.165, 1.54) is 0 Å². The summed E-state index contributed by atoms with van der Waals surface area (Å²) in [5.41, 5.74) is 7.70. The van der Waals surface area contributed by atoms with Crippen molar-refractivity contribution in [2.24, 2.45) is 11.7 Å². The average Bonchev–Trinajstić information content (AvgIpc) is 2.38. The molecule has 1 saturated heterocycles. The van der Waals surface area contributed by atoms with Gasteiger partial charge in [-0.1, -0.05) is 17.7 Å². The second-order valence-corrected chi connectivity index (χ2v) is 5.02. The van der Waals surface area contributed by atoms with Crippen molar-refractivity contribution in [1.29, 1.82) is 0 Å². The van der Waals surface area contributed by atoms with Gasteiger partial charge in [-0.05, 0) is 36.5 Å². The zero-order valence-corrected chi connectivity index (χ0v) is 10.7. The SMILES string of the molecule is NCc1ccc(N2CCCC(CO)C2)cc1Cl. The third-order valence-electron chi connectivity index (χ3n) is 3.40. The van der Waals surface area contributed by atoms with Crippen LogP contribution in [-0.2, 0) is 6.54 Å². The van der Waals surface area contributed by atoms with Crippen LogP contribution in [-0.4, -0.2) is 24.8 Å². The fourth-order valence-electron chi connectivity index (χ4n) is 2.35. The van der Waals surface area contributed by atoms with E-state index in [1.54, 1.807) is 0 Å². The molecule has 2 rings (SSSR count). The summed E-state index contributed by atoms with van der Waals surface area (Å²) < 4.78 is 0. The predicted molar refractivity (Wildman–Crippen MR) is 71.4 cm³/mol. The van der Waals surface area contributed by atoms with Gasteiger partial charge in [-0.15, -0.1) is 0 Å². The summed E-state index contributed by atoms with van der Waals surface area (Å²) >= 11 is 6.16. The van der Waals surface area contributed by atoms with E-state index in [4.69, 9.17) is 17.3 Å². The number of aliphatic hydroxyl groups excluding tert-OH is 1. The Morgan fingerprint density at radius 2 is 2.29 bits per heavy atom. The maximum atomic E-state index is 9.22. The van der Waals surface area contributed by atoms with Gasteiger partial charge < -0.3 is 15.7 Å². The Bertz CT molecular complexity index is 384. The predicted octanol–water partition coefficient (Wildman–Crippen LogP) is 2.01. The molecule has 0 aromatic heterocycles. The zero-order valence-electron chi connectivity index (χ0n) is 9.90. The van der Waals surface area contributed by atoms with Gasteiger partial charge in [0.25, 0.3) is 0 Å². The van der Waals surface area contributed by atoms with Crippen molar-refractivity contribution in [3.05, 3.63) is 28.8 Å². The van der Waals surface area contributed by atoms with Crippen LogP contribution in [0, 0.1) is 5.92 Å². The Labute approximate surface area is 107 Å². The third kappa shape index (κ3) is 2.92. The Hall–Kier alpha value is -0.770. The summed E-state index contributed by atoms with van der Waals surface area (Å²) in [7, 11) is 0. The Balaban J connectivity index is 2.13. The van der Waals surface area contributed by atoms with Crippen LogP contribution >= 0.6 is 11.6 Å². The number of halogens is 1. The number of nitrogens with two attached hydrogens (primary N) is 1. The first kappa shape index (κ1) is 12.7. The molecule has 1 heterocycles. The van der Waals surface area contributed by atoms with E-state index in [1.807, 2.05) is 12.1 Å². The van der Waals surface area contributed by atoms with Gasteiger partial charge in [0, 0.05) is 37.0 Å². The van der Waals surface area contributed by atoms with Crippen molar-refractivity contribution in [3.63, 3.8) is 0 Å². The summed E-state index contributed by atoms with van der Waals surface area (Å²) in [5.74, 6) is 0.386. The van der Waals surface area contributed by atoms with E-state index in [0.29, 0.717) is 12.5 Å². The molecule has 3 N–H and O–H groups in total. The van der Waals surface area contributed by atoms with Crippen LogP contribution < -0.4 is 10.6 Å². The van der Waals surface area contributed by atoms with Crippen LogP contribution in [0.5, 0.6) is 0 Å². The highest BCUT2D eigenvalue weighted by Gasteiger charge is 2.19. The third-order valence-corrected chi connectivity index (χ3v) is 3.75. The van der Waals surface area contributed by atoms with Crippen molar-refractivity contribution in [2.75, 3.05) is 24.6 Å². The maximum Gasteiger partial charge on any atom is 0.0476 e. The lowest BCUT2D eigenvalue weighted by Crippen LogP contribution is -2.36. The molecular formula is C13H19ClN2O. The normalized spacial score (nSPS) is 20.6. The van der Waals surface area contributed by atoms with Gasteiger partial charge in [0.15, 0.2) is 0 Å². The molecule has 0 aliphatic carbocycles. The van der Waals surface area contributed by atoms with Gasteiger partial charge in [-0.25, -0.2) is 0 Å². The zero-order chi connectivity index (χ0) is 12.3. The topological polar surface area (TPSA) is 49.5 Å². The number of hydrogen-bond donors (Lipinski definition) is 2. The highest BCUT2D eigenvalue weighted by molar-refractivity contribution is 6.31. The first-order chi connectivity index (χ1) is 8.24. The molecule has 1 aliphatic heterocycles. The Morgan fingerprint density at radius 1 is 1.47 bits per heavy atom. The summed E-state index contributed by atoms with van der Waals surface area (Å²) in [6, 6.07) is 6.03. The van der Waals surface area contributed by atoms with Crippen molar-refractivity contribution in [3.8, 4) is 0 Å². The first-order valence-electron chi connectivity index (χ1n) is 6.09. The van der Waals surface area contributed by atoms with Crippen molar-refractivity contribution < 1.29 is 5.11 Å². The van der Waals surface area contributed by atoms with Gasteiger partial charge in [-0.3, -0.25) is 0 Å². The Kier molecular flexibility index (Phi) is 4.26. The van der Waals surface area contributed by atoms with E-state index < -0.39 is 0 Å². The number of rotatable bonds is 3. The molecule has 17 heavy (non-hydrogen) atoms. The van der Waals surface area contributed by atoms with E-state index in [0.717, 1.165) is 42.2 Å². The monoisotopic (exact) mass is 254 g/mol. The molecule has 1 fully saturated rings. The summed E-state index contributed by atoms with van der Waals surface area (Å²) in [6.07, 6.45) is 2.24. The summed E-state index contributed by atoms with van der Waals surface area (Å²) in [5, 5.41) is 9.96. The number of benzene rings is 1. The lowest BCUT2D eigenvalue weighted by atomic mass is 9.98. The summed E-state index contributed by atoms with van der Waals surface area (Å²) in [6.45, 7) is 2.69. The largest absolute Gasteiger partial charge is 0.396 e. The second kappa shape index (κ2) is 5.71. The summed E-state index contributed by atoms with van der Waals surface area (Å²) in [4.78, 5) is 2.29. The van der Waals surface area contributed by atoms with Crippen molar-refractivity contribution in [1.82, 2.24) is 0 Å². The van der Waals surface area contributed by atoms with Crippen LogP contribution in [0.25, 0.3) is 0 Å². The molecule has 1 aliphatic rings. The number of hydrogen-bond acceptors (Lipinski definition) is 3. The molecule has 0 amide bonds. The molecule has 94 valence electrons. The van der Waals surface area contributed by atoms with Gasteiger partial charge in [0.1, 0.15) is 0 Å². The first-order valence-corrected chi connectivity index (χ1v) is 6.46. The lowest BCUT2D eigenvalue weighted by Gasteiger charge is -2.33. The lowest BCUT2D eigenvalue weighted by molar-refractivity contribution is 0.209. The molecule has 0 bridgehead atoms. The van der Waals surface area contributed by atoms with Gasteiger partial charge >= 0.3 is 0 Å². The van der Waals surface area contributed by atoms with Gasteiger partial charge in [0.2, 0.25) is 0 Å². The molecule has 1 unspecified atom stereocenters. The molecule has 3 nitrogen and oxygen atoms in total. The number of anilines is 1. The quantitative estimate of drug-likeness (QED) is 0.868. The minimum atomic E-state index is 0.269. The molecule has 1 atom stereocenters. The molecule has 1 aromatic carbocycles. The fraction of sp³-hybridized carbons (Fsp3) is 0.538. The van der Waals surface area contributed by atoms with Crippen molar-refractivity contribution >= 4 is 17.3 Å². The van der Waals surface area contributed by atoms with Crippen LogP contribution in [0.15, 0.2) is 18.2 Å². The number of piperidine rings is 1. The highest BCUT2D eigenvalue weighted by atomic mass is 35.5. The van der Waals surface area contributed by atoms with Crippen molar-refractivity contribution in [2.45, 2.75) is 19.4 Å². The van der Waals surface area contributed by atoms with Gasteiger partial charge in [-0.2, -0.15) is 0 Å². The number of aliphatic hydroxyl groups is 1. The van der Waals surface area contributed by atoms with Gasteiger partial charge in [0.05, 0.1) is 0 Å². The van der Waals surface area contributed by atoms with E-state index in [-0.39, 0.29) is 6.61 Å². The van der Waals surface area contributed by atoms with E-state index >= 15 is 0 Å². The second-order valence-electron chi connectivity index (χ2n) is 4.62. The van der Waals surface area contributed by atoms with E-state index in [2.05, 4.69) is 11.0 Å². The van der Waals surface area contributed by atoms with Crippen LogP contribution in [0.4, 0.5) is 5.69 Å². The molecule has 0 spiro atoms. The smallest absolute Gasteiger partial charge is 0.0476 e. The molecular weight excluding hydrogens is 236 g/mol. The highest BCUT2D eigenvalue weighted by Crippen LogP contribution is 2.27. The van der Waals surface area contributed by atoms with Crippen LogP contribution in [0.2, 0.25) is 5.02 Å². The molecule has 1 aromatic rings. The van der Waals surface area contributed by atoms with Crippen LogP contribution in [0.3, 0.4) is 0 Å². The van der Waals surface area contributed by atoms with Crippen LogP contribution in [0.1, 0.15) is 18.4 Å². The van der Waals surface area contributed by atoms with E-state index in [9.17, 15) is 5.11 Å². The average molecular weight is 255 g/mol. The Morgan fingerprint density at radius 3 is 2.94 bits per heavy atom. The minimum Gasteiger partial charge on any atom is -0.396 e. The maximum absolute atomic E-state index is 9.22. The minimum absolute atomic E-state index is 0.269. The number of nitrogens with zero attached hydrogens (tertiary/aromatic N) is 1. The molecule has 4 heteroatoms. The molecule has 0 radical (unpaired) electrons. The fourth-order valence-corrected chi connectivity index (χ4v) is 2.60. The standard InChI is InChI=1S/C13H19ClN2O/c14-13-6-12(4-3-11(13)7-15)16-5-1-2-10(8-16)9-17/h3-4,6,10,17H,1-2,5,7-9,15H2. The molecule has 0 saturated carbocycles.